The molecule has 0 aromatic carbocycles. The van der Waals surface area contributed by atoms with E-state index in [1.165, 1.54) is 0 Å². The first-order valence-electron chi connectivity index (χ1n) is 4.23. The van der Waals surface area contributed by atoms with E-state index in [2.05, 4.69) is 63.0 Å². The van der Waals surface area contributed by atoms with Gasteiger partial charge in [-0.05, 0) is 35.7 Å². The van der Waals surface area contributed by atoms with Crippen LogP contribution < -0.4 is 0 Å². The first-order chi connectivity index (χ1) is 5.23. The van der Waals surface area contributed by atoms with Crippen molar-refractivity contribution in [1.29, 1.82) is 0 Å². The molecule has 0 aromatic rings. The molecule has 0 fully saturated rings. The van der Waals surface area contributed by atoms with Gasteiger partial charge >= 0.3 is 0 Å². The molecule has 0 aliphatic heterocycles. The van der Waals surface area contributed by atoms with Crippen LogP contribution in [0.3, 0.4) is 0 Å². The van der Waals surface area contributed by atoms with Gasteiger partial charge in [-0.1, -0.05) is 33.4 Å². The second kappa shape index (κ2) is 4.24. The van der Waals surface area contributed by atoms with Gasteiger partial charge in [-0.25, -0.2) is 0 Å². The van der Waals surface area contributed by atoms with Crippen molar-refractivity contribution in [1.82, 2.24) is 0 Å². The predicted octanol–water partition coefficient (Wildman–Crippen LogP) is 3.35. The van der Waals surface area contributed by atoms with Crippen molar-refractivity contribution in [3.8, 4) is 0 Å². The van der Waals surface area contributed by atoms with E-state index < -0.39 is 9.04 Å². The van der Waals surface area contributed by atoms with E-state index >= 15 is 0 Å². The number of hydrogen-bond donors (Lipinski definition) is 0. The van der Waals surface area contributed by atoms with Crippen LogP contribution in [0.2, 0.25) is 13.1 Å². The average Bonchev–Trinajstić information content (AvgIpc) is 1.83. The number of halogens is 1. The second-order valence-electron chi connectivity index (χ2n) is 4.27. The van der Waals surface area contributed by atoms with Crippen LogP contribution in [0.1, 0.15) is 20.8 Å². The molecule has 1 unspecified atom stereocenters. The Balaban J connectivity index is 4.57. The maximum absolute atomic E-state index is 5.96. The summed E-state index contributed by atoms with van der Waals surface area (Å²) >= 11 is 2.36. The van der Waals surface area contributed by atoms with Crippen LogP contribution in [0.15, 0.2) is 12.7 Å². The van der Waals surface area contributed by atoms with Crippen LogP contribution in [0.4, 0.5) is 0 Å². The Labute approximate surface area is 91.4 Å². The summed E-state index contributed by atoms with van der Waals surface area (Å²) in [4.78, 5) is 0. The molecule has 0 saturated carbocycles. The molecule has 0 N–H and O–H groups in total. The lowest BCUT2D eigenvalue weighted by Crippen LogP contribution is -2.40. The van der Waals surface area contributed by atoms with E-state index in [4.69, 9.17) is 4.43 Å². The fourth-order valence-electron chi connectivity index (χ4n) is 0.874. The molecule has 0 aromatic heterocycles. The third kappa shape index (κ3) is 3.18. The van der Waals surface area contributed by atoms with Crippen LogP contribution in [0.5, 0.6) is 0 Å². The van der Waals surface area contributed by atoms with Gasteiger partial charge < -0.3 is 4.43 Å². The minimum Gasteiger partial charge on any atom is -0.403 e. The molecule has 0 radical (unpaired) electrons. The minimum absolute atomic E-state index is 0.118. The standard InChI is InChI=1S/C9H19IOSi/c1-7-9(10,8(2,3)4)11-12(5)6/h7,12H,1H2,2-6H3. The summed E-state index contributed by atoms with van der Waals surface area (Å²) in [6.45, 7) is 14.7. The Bertz CT molecular complexity index is 162. The molecule has 0 spiro atoms. The van der Waals surface area contributed by atoms with E-state index in [1.807, 2.05) is 6.08 Å². The van der Waals surface area contributed by atoms with E-state index in [0.29, 0.717) is 0 Å². The Kier molecular flexibility index (Phi) is 4.47. The molecule has 12 heavy (non-hydrogen) atoms. The predicted molar refractivity (Wildman–Crippen MR) is 66.4 cm³/mol. The van der Waals surface area contributed by atoms with Gasteiger partial charge in [0.15, 0.2) is 9.04 Å². The quantitative estimate of drug-likeness (QED) is 0.336. The van der Waals surface area contributed by atoms with Crippen LogP contribution in [0, 0.1) is 5.41 Å². The molecule has 1 atom stereocenters. The summed E-state index contributed by atoms with van der Waals surface area (Å²) in [6.07, 6.45) is 1.92. The number of alkyl halides is 1. The van der Waals surface area contributed by atoms with Crippen LogP contribution in [-0.2, 0) is 4.43 Å². The Morgan fingerprint density at radius 1 is 1.33 bits per heavy atom. The summed E-state index contributed by atoms with van der Waals surface area (Å²) in [6, 6.07) is 0. The zero-order valence-electron chi connectivity index (χ0n) is 8.65. The lowest BCUT2D eigenvalue weighted by molar-refractivity contribution is 0.113. The summed E-state index contributed by atoms with van der Waals surface area (Å²) < 4.78 is 5.76. The lowest BCUT2D eigenvalue weighted by atomic mass is 9.89. The molecule has 72 valence electrons. The summed E-state index contributed by atoms with van der Waals surface area (Å²) in [5.74, 6) is 0. The maximum atomic E-state index is 5.96. The minimum atomic E-state index is -0.992. The molecular formula is C9H19IOSi. The molecule has 0 amide bonds. The summed E-state index contributed by atoms with van der Waals surface area (Å²) in [7, 11) is -0.992. The molecule has 0 aliphatic rings. The van der Waals surface area contributed by atoms with Gasteiger partial charge in [0.25, 0.3) is 0 Å². The highest BCUT2D eigenvalue weighted by atomic mass is 127. The van der Waals surface area contributed by atoms with Gasteiger partial charge in [0.05, 0.1) is 0 Å². The molecule has 0 rings (SSSR count). The van der Waals surface area contributed by atoms with Crippen molar-refractivity contribution in [3.63, 3.8) is 0 Å². The monoisotopic (exact) mass is 298 g/mol. The fraction of sp³-hybridized carbons (Fsp3) is 0.778. The van der Waals surface area contributed by atoms with Crippen LogP contribution in [0.25, 0.3) is 0 Å². The van der Waals surface area contributed by atoms with Gasteiger partial charge in [0.1, 0.15) is 3.61 Å². The SMILES string of the molecule is C=CC(I)(O[SiH](C)C)C(C)(C)C. The van der Waals surface area contributed by atoms with Gasteiger partial charge in [0.2, 0.25) is 0 Å². The highest BCUT2D eigenvalue weighted by Crippen LogP contribution is 2.41. The zero-order valence-corrected chi connectivity index (χ0v) is 12.0. The van der Waals surface area contributed by atoms with E-state index in [1.54, 1.807) is 0 Å². The van der Waals surface area contributed by atoms with Crippen LogP contribution in [-0.4, -0.2) is 12.6 Å². The molecule has 0 bridgehead atoms. The van der Waals surface area contributed by atoms with E-state index in [-0.39, 0.29) is 9.02 Å². The first-order valence-corrected chi connectivity index (χ1v) is 8.09. The van der Waals surface area contributed by atoms with Gasteiger partial charge in [-0.2, -0.15) is 0 Å². The molecule has 0 aliphatic carbocycles. The van der Waals surface area contributed by atoms with Crippen molar-refractivity contribution in [2.45, 2.75) is 37.5 Å². The Morgan fingerprint density at radius 2 is 1.75 bits per heavy atom. The summed E-state index contributed by atoms with van der Waals surface area (Å²) in [5.41, 5.74) is 0.118. The highest BCUT2D eigenvalue weighted by Gasteiger charge is 2.38. The van der Waals surface area contributed by atoms with Crippen molar-refractivity contribution in [2.24, 2.45) is 5.41 Å². The topological polar surface area (TPSA) is 9.23 Å². The van der Waals surface area contributed by atoms with E-state index in [9.17, 15) is 0 Å². The highest BCUT2D eigenvalue weighted by molar-refractivity contribution is 14.1. The smallest absolute Gasteiger partial charge is 0.173 e. The number of rotatable bonds is 3. The fourth-order valence-corrected chi connectivity index (χ4v) is 3.54. The molecule has 0 saturated heterocycles. The second-order valence-corrected chi connectivity index (χ2v) is 8.20. The first kappa shape index (κ1) is 12.6. The average molecular weight is 298 g/mol. The third-order valence-electron chi connectivity index (χ3n) is 1.69. The summed E-state index contributed by atoms with van der Waals surface area (Å²) in [5, 5.41) is 0. The largest absolute Gasteiger partial charge is 0.403 e. The van der Waals surface area contributed by atoms with Gasteiger partial charge in [-0.15, -0.1) is 0 Å². The number of hydrogen-bond acceptors (Lipinski definition) is 1. The van der Waals surface area contributed by atoms with Crippen LogP contribution >= 0.6 is 22.6 Å². The Hall–Kier alpha value is 0.647. The van der Waals surface area contributed by atoms with Crippen molar-refractivity contribution in [2.75, 3.05) is 0 Å². The zero-order chi connectivity index (χ0) is 9.99. The van der Waals surface area contributed by atoms with E-state index in [0.717, 1.165) is 0 Å². The molecule has 3 heteroatoms. The van der Waals surface area contributed by atoms with Crippen molar-refractivity contribution in [3.05, 3.63) is 12.7 Å². The maximum Gasteiger partial charge on any atom is 0.173 e. The molecule has 0 heterocycles. The third-order valence-corrected chi connectivity index (χ3v) is 5.33. The lowest BCUT2D eigenvalue weighted by Gasteiger charge is -2.39. The molecular weight excluding hydrogens is 279 g/mol. The molecule has 1 nitrogen and oxygen atoms in total. The Morgan fingerprint density at radius 3 is 1.83 bits per heavy atom. The van der Waals surface area contributed by atoms with Gasteiger partial charge in [-0.3, -0.25) is 0 Å². The van der Waals surface area contributed by atoms with Crippen molar-refractivity contribution < 1.29 is 4.43 Å². The van der Waals surface area contributed by atoms with Gasteiger partial charge in [0, 0.05) is 5.41 Å². The van der Waals surface area contributed by atoms with Crippen molar-refractivity contribution >= 4 is 31.6 Å². The normalized spacial score (nSPS) is 17.6.